The van der Waals surface area contributed by atoms with Gasteiger partial charge in [0, 0.05) is 12.6 Å². The molecule has 2 heterocycles. The number of carbonyl (C=O) groups excluding carboxylic acids is 1. The normalized spacial score (nSPS) is 10.9. The Labute approximate surface area is 171 Å². The maximum Gasteiger partial charge on any atom is 0.293 e. The van der Waals surface area contributed by atoms with Gasteiger partial charge < -0.3 is 14.3 Å². The first-order valence-electron chi connectivity index (χ1n) is 8.97. The molecule has 0 bridgehead atoms. The molecule has 3 rings (SSSR count). The molecule has 152 valence electrons. The summed E-state index contributed by atoms with van der Waals surface area (Å²) < 4.78 is 7.23. The zero-order valence-electron chi connectivity index (χ0n) is 16.6. The molecule has 0 saturated carbocycles. The highest BCUT2D eigenvalue weighted by molar-refractivity contribution is 7.99. The molecule has 0 spiro atoms. The van der Waals surface area contributed by atoms with Gasteiger partial charge in [0.15, 0.2) is 11.0 Å². The number of hydrogen-bond acceptors (Lipinski definition) is 7. The van der Waals surface area contributed by atoms with E-state index >= 15 is 0 Å². The molecule has 0 saturated heterocycles. The van der Waals surface area contributed by atoms with Gasteiger partial charge in [-0.1, -0.05) is 11.8 Å². The molecule has 2 aromatic heterocycles. The number of nitrogens with zero attached hydrogens (tertiary/aromatic N) is 4. The van der Waals surface area contributed by atoms with Gasteiger partial charge in [-0.3, -0.25) is 14.9 Å². The second-order valence-electron chi connectivity index (χ2n) is 6.49. The molecule has 1 N–H and O–H groups in total. The molecule has 3 aromatic rings. The lowest BCUT2D eigenvalue weighted by atomic mass is 10.1. The number of rotatable bonds is 7. The van der Waals surface area contributed by atoms with Crippen molar-refractivity contribution in [3.05, 3.63) is 51.5 Å². The Hall–Kier alpha value is -3.14. The van der Waals surface area contributed by atoms with Gasteiger partial charge in [-0.2, -0.15) is 0 Å². The number of furan rings is 1. The van der Waals surface area contributed by atoms with Crippen LogP contribution in [0.25, 0.3) is 11.4 Å². The average Bonchev–Trinajstić information content (AvgIpc) is 3.27. The first kappa shape index (κ1) is 20.6. The molecular weight excluding hydrogens is 394 g/mol. The molecular formula is C19H21N5O4S. The third kappa shape index (κ3) is 4.32. The lowest BCUT2D eigenvalue weighted by Gasteiger charge is -2.09. The summed E-state index contributed by atoms with van der Waals surface area (Å²) in [5.41, 5.74) is 2.57. The minimum atomic E-state index is -0.498. The average molecular weight is 415 g/mol. The molecule has 0 atom stereocenters. The van der Waals surface area contributed by atoms with E-state index in [1.54, 1.807) is 19.3 Å². The van der Waals surface area contributed by atoms with E-state index in [-0.39, 0.29) is 23.0 Å². The van der Waals surface area contributed by atoms with Crippen LogP contribution < -0.4 is 5.32 Å². The van der Waals surface area contributed by atoms with E-state index in [0.29, 0.717) is 17.5 Å². The first-order valence-corrected chi connectivity index (χ1v) is 9.96. The van der Waals surface area contributed by atoms with Crippen LogP contribution in [0.3, 0.4) is 0 Å². The zero-order valence-corrected chi connectivity index (χ0v) is 17.4. The Balaban J connectivity index is 1.74. The summed E-state index contributed by atoms with van der Waals surface area (Å²) in [5.74, 6) is 1.11. The molecule has 0 fully saturated rings. The van der Waals surface area contributed by atoms with Gasteiger partial charge in [-0.25, -0.2) is 0 Å². The summed E-state index contributed by atoms with van der Waals surface area (Å²) in [6, 6.07) is 4.90. The largest absolute Gasteiger partial charge is 0.469 e. The number of aryl methyl sites for hydroxylation is 3. The van der Waals surface area contributed by atoms with Crippen LogP contribution in [0.1, 0.15) is 23.8 Å². The number of thioether (sulfide) groups is 1. The third-order valence-electron chi connectivity index (χ3n) is 4.55. The summed E-state index contributed by atoms with van der Waals surface area (Å²) in [5, 5.41) is 22.9. The number of aromatic nitrogens is 3. The van der Waals surface area contributed by atoms with E-state index in [1.165, 1.54) is 17.8 Å². The number of nitrogens with one attached hydrogen (secondary N) is 1. The fourth-order valence-corrected chi connectivity index (χ4v) is 3.67. The van der Waals surface area contributed by atoms with Gasteiger partial charge in [0.05, 0.1) is 22.5 Å². The van der Waals surface area contributed by atoms with Crippen molar-refractivity contribution in [3.8, 4) is 11.4 Å². The lowest BCUT2D eigenvalue weighted by molar-refractivity contribution is -0.384. The minimum absolute atomic E-state index is 0.0482. The minimum Gasteiger partial charge on any atom is -0.469 e. The molecule has 1 aromatic carbocycles. The van der Waals surface area contributed by atoms with Crippen LogP contribution in [-0.4, -0.2) is 31.3 Å². The summed E-state index contributed by atoms with van der Waals surface area (Å²) in [6.07, 6.45) is 1.59. The second kappa shape index (κ2) is 8.48. The SMILES string of the molecule is CCn1c(SCC(=O)Nc2cc(C)c(C)cc2[N+](=O)[O-])nnc1-c1ccoc1C. The number of carbonyl (C=O) groups is 1. The number of anilines is 1. The van der Waals surface area contributed by atoms with Crippen molar-refractivity contribution in [2.24, 2.45) is 0 Å². The Morgan fingerprint density at radius 2 is 2.00 bits per heavy atom. The Bertz CT molecular complexity index is 1070. The molecule has 0 aliphatic carbocycles. The van der Waals surface area contributed by atoms with Crippen LogP contribution in [0.2, 0.25) is 0 Å². The van der Waals surface area contributed by atoms with Crippen molar-refractivity contribution in [2.45, 2.75) is 39.4 Å². The predicted molar refractivity (Wildman–Crippen MR) is 110 cm³/mol. The van der Waals surface area contributed by atoms with Crippen LogP contribution in [0, 0.1) is 30.9 Å². The molecule has 29 heavy (non-hydrogen) atoms. The van der Waals surface area contributed by atoms with Crippen molar-refractivity contribution in [1.29, 1.82) is 0 Å². The number of nitro benzene ring substituents is 1. The standard InChI is InChI=1S/C19H21N5O4S/c1-5-23-18(14-6-7-28-13(14)4)21-22-19(23)29-10-17(25)20-15-8-11(2)12(3)9-16(15)24(26)27/h6-9H,5,10H2,1-4H3,(H,20,25). The maximum atomic E-state index is 12.4. The molecule has 0 aliphatic rings. The van der Waals surface area contributed by atoms with Crippen molar-refractivity contribution >= 4 is 29.0 Å². The van der Waals surface area contributed by atoms with Gasteiger partial charge in [0.25, 0.3) is 5.69 Å². The molecule has 0 unspecified atom stereocenters. The van der Waals surface area contributed by atoms with Crippen molar-refractivity contribution in [3.63, 3.8) is 0 Å². The van der Waals surface area contributed by atoms with Crippen LogP contribution in [0.4, 0.5) is 11.4 Å². The summed E-state index contributed by atoms with van der Waals surface area (Å²) in [4.78, 5) is 23.2. The van der Waals surface area contributed by atoms with Crippen LogP contribution in [0.15, 0.2) is 34.0 Å². The fourth-order valence-electron chi connectivity index (χ4n) is 2.87. The number of amides is 1. The summed E-state index contributed by atoms with van der Waals surface area (Å²) in [6.45, 7) is 8.07. The van der Waals surface area contributed by atoms with Gasteiger partial charge in [-0.15, -0.1) is 10.2 Å². The fraction of sp³-hybridized carbons (Fsp3) is 0.316. The Morgan fingerprint density at radius 3 is 2.62 bits per heavy atom. The predicted octanol–water partition coefficient (Wildman–Crippen LogP) is 4.12. The van der Waals surface area contributed by atoms with Gasteiger partial charge in [-0.05, 0) is 51.0 Å². The molecule has 10 heteroatoms. The van der Waals surface area contributed by atoms with Crippen LogP contribution in [-0.2, 0) is 11.3 Å². The second-order valence-corrected chi connectivity index (χ2v) is 7.43. The van der Waals surface area contributed by atoms with Crippen molar-refractivity contribution in [2.75, 3.05) is 11.1 Å². The first-order chi connectivity index (χ1) is 13.8. The van der Waals surface area contributed by atoms with E-state index < -0.39 is 4.92 Å². The molecule has 0 aliphatic heterocycles. The Morgan fingerprint density at radius 1 is 1.28 bits per heavy atom. The highest BCUT2D eigenvalue weighted by atomic mass is 32.2. The summed E-state index contributed by atoms with van der Waals surface area (Å²) >= 11 is 1.22. The Kier molecular flexibility index (Phi) is 6.02. The third-order valence-corrected chi connectivity index (χ3v) is 5.51. The van der Waals surface area contributed by atoms with Gasteiger partial charge in [0.1, 0.15) is 11.4 Å². The van der Waals surface area contributed by atoms with E-state index in [9.17, 15) is 14.9 Å². The van der Waals surface area contributed by atoms with Crippen molar-refractivity contribution in [1.82, 2.24) is 14.8 Å². The molecule has 9 nitrogen and oxygen atoms in total. The lowest BCUT2D eigenvalue weighted by Crippen LogP contribution is -2.16. The number of hydrogen-bond donors (Lipinski definition) is 1. The van der Waals surface area contributed by atoms with Gasteiger partial charge >= 0.3 is 0 Å². The molecule has 0 radical (unpaired) electrons. The van der Waals surface area contributed by atoms with Crippen LogP contribution >= 0.6 is 11.8 Å². The summed E-state index contributed by atoms with van der Waals surface area (Å²) in [7, 11) is 0. The molecule has 1 amide bonds. The van der Waals surface area contributed by atoms with E-state index in [4.69, 9.17) is 4.42 Å². The zero-order chi connectivity index (χ0) is 21.1. The topological polar surface area (TPSA) is 116 Å². The maximum absolute atomic E-state index is 12.4. The van der Waals surface area contributed by atoms with Crippen molar-refractivity contribution < 1.29 is 14.1 Å². The van der Waals surface area contributed by atoms with Gasteiger partial charge in [0.2, 0.25) is 5.91 Å². The van der Waals surface area contributed by atoms with E-state index in [1.807, 2.05) is 31.4 Å². The number of benzene rings is 1. The highest BCUT2D eigenvalue weighted by Crippen LogP contribution is 2.29. The number of nitro groups is 1. The van der Waals surface area contributed by atoms with E-state index in [0.717, 1.165) is 22.5 Å². The van der Waals surface area contributed by atoms with Crippen LogP contribution in [0.5, 0.6) is 0 Å². The smallest absolute Gasteiger partial charge is 0.293 e. The highest BCUT2D eigenvalue weighted by Gasteiger charge is 2.20. The monoisotopic (exact) mass is 415 g/mol. The van der Waals surface area contributed by atoms with E-state index in [2.05, 4.69) is 15.5 Å². The quantitative estimate of drug-likeness (QED) is 0.350.